The summed E-state index contributed by atoms with van der Waals surface area (Å²) in [5.41, 5.74) is 1.14. The van der Waals surface area contributed by atoms with Gasteiger partial charge in [-0.1, -0.05) is 5.16 Å². The second-order valence-electron chi connectivity index (χ2n) is 4.54. The van der Waals surface area contributed by atoms with Gasteiger partial charge in [0.15, 0.2) is 12.4 Å². The number of halogens is 1. The van der Waals surface area contributed by atoms with Crippen LogP contribution in [-0.4, -0.2) is 10.1 Å². The van der Waals surface area contributed by atoms with E-state index >= 15 is 0 Å². The van der Waals surface area contributed by atoms with E-state index in [1.54, 1.807) is 18.3 Å². The number of hydrogen-bond donors (Lipinski definition) is 0. The average molecular weight is 381 g/mol. The molecule has 0 radical (unpaired) electrons. The van der Waals surface area contributed by atoms with Crippen molar-refractivity contribution in [3.05, 3.63) is 56.8 Å². The molecule has 0 aliphatic rings. The summed E-state index contributed by atoms with van der Waals surface area (Å²) in [5, 5.41) is 5.77. The lowest BCUT2D eigenvalue weighted by Gasteiger charge is -2.07. The summed E-state index contributed by atoms with van der Waals surface area (Å²) >= 11 is 5.08. The van der Waals surface area contributed by atoms with Gasteiger partial charge in [0.1, 0.15) is 18.1 Å². The fourth-order valence-corrected chi connectivity index (χ4v) is 2.96. The first-order chi connectivity index (χ1) is 10.7. The highest BCUT2D eigenvalue weighted by molar-refractivity contribution is 9.11. The van der Waals surface area contributed by atoms with Crippen LogP contribution in [0.4, 0.5) is 0 Å². The molecule has 0 amide bonds. The Bertz CT molecular complexity index is 676. The Morgan fingerprint density at radius 1 is 1.14 bits per heavy atom. The minimum Gasteiger partial charge on any atom is -0.489 e. The fraction of sp³-hybridized carbons (Fsp3) is 0.200. The van der Waals surface area contributed by atoms with Crippen LogP contribution in [0, 0.1) is 6.92 Å². The van der Waals surface area contributed by atoms with Gasteiger partial charge in [0.2, 0.25) is 0 Å². The van der Waals surface area contributed by atoms with Crippen LogP contribution in [0.3, 0.4) is 0 Å². The summed E-state index contributed by atoms with van der Waals surface area (Å²) < 4.78 is 17.4. The van der Waals surface area contributed by atoms with Crippen LogP contribution in [0.15, 0.2) is 44.0 Å². The maximum atomic E-state index is 5.72. The van der Waals surface area contributed by atoms with Gasteiger partial charge in [-0.25, -0.2) is 0 Å². The van der Waals surface area contributed by atoms with Gasteiger partial charge in [0.25, 0.3) is 5.89 Å². The van der Waals surface area contributed by atoms with Gasteiger partial charge < -0.3 is 14.0 Å². The molecule has 2 heterocycles. The van der Waals surface area contributed by atoms with Gasteiger partial charge in [-0.2, -0.15) is 4.98 Å². The number of aryl methyl sites for hydroxylation is 1. The second kappa shape index (κ2) is 6.93. The Hall–Kier alpha value is -1.86. The molecule has 0 saturated heterocycles. The molecule has 0 saturated carbocycles. The normalized spacial score (nSPS) is 10.6. The van der Waals surface area contributed by atoms with Crippen molar-refractivity contribution in [3.8, 4) is 11.5 Å². The highest BCUT2D eigenvalue weighted by Gasteiger charge is 2.04. The van der Waals surface area contributed by atoms with Crippen LogP contribution in [0.25, 0.3) is 0 Å². The van der Waals surface area contributed by atoms with Crippen molar-refractivity contribution in [2.45, 2.75) is 20.1 Å². The first kappa shape index (κ1) is 15.1. The van der Waals surface area contributed by atoms with E-state index in [4.69, 9.17) is 14.0 Å². The molecule has 7 heteroatoms. The maximum absolute atomic E-state index is 5.72. The number of aromatic nitrogens is 2. The zero-order valence-electron chi connectivity index (χ0n) is 11.8. The summed E-state index contributed by atoms with van der Waals surface area (Å²) in [7, 11) is 0. The fourth-order valence-electron chi connectivity index (χ4n) is 1.76. The van der Waals surface area contributed by atoms with Crippen molar-refractivity contribution in [1.82, 2.24) is 10.1 Å². The molecule has 3 aromatic rings. The third-order valence-electron chi connectivity index (χ3n) is 2.78. The molecule has 22 heavy (non-hydrogen) atoms. The van der Waals surface area contributed by atoms with Gasteiger partial charge >= 0.3 is 0 Å². The van der Waals surface area contributed by atoms with Crippen molar-refractivity contribution in [2.24, 2.45) is 0 Å². The third-order valence-corrected chi connectivity index (χ3v) is 4.34. The van der Waals surface area contributed by atoms with Gasteiger partial charge in [0.05, 0.1) is 3.79 Å². The van der Waals surface area contributed by atoms with E-state index in [9.17, 15) is 0 Å². The van der Waals surface area contributed by atoms with E-state index in [0.717, 1.165) is 20.8 Å². The maximum Gasteiger partial charge on any atom is 0.264 e. The van der Waals surface area contributed by atoms with E-state index in [2.05, 4.69) is 37.5 Å². The zero-order chi connectivity index (χ0) is 15.4. The Morgan fingerprint density at radius 3 is 2.36 bits per heavy atom. The van der Waals surface area contributed by atoms with Crippen molar-refractivity contribution in [3.63, 3.8) is 0 Å². The molecule has 0 aliphatic heterocycles. The third kappa shape index (κ3) is 4.08. The number of hydrogen-bond acceptors (Lipinski definition) is 6. The molecule has 0 N–H and O–H groups in total. The van der Waals surface area contributed by atoms with Crippen LogP contribution < -0.4 is 9.47 Å². The summed E-state index contributed by atoms with van der Waals surface area (Å²) in [6.07, 6.45) is 0. The lowest BCUT2D eigenvalue weighted by Crippen LogP contribution is -1.96. The lowest BCUT2D eigenvalue weighted by atomic mass is 10.3. The Labute approximate surface area is 140 Å². The molecular weight excluding hydrogens is 368 g/mol. The Balaban J connectivity index is 1.51. The van der Waals surface area contributed by atoms with Crippen molar-refractivity contribution >= 4 is 27.3 Å². The van der Waals surface area contributed by atoms with Gasteiger partial charge in [0, 0.05) is 5.56 Å². The molecular formula is C15H13BrN2O3S. The molecule has 3 rings (SSSR count). The molecule has 0 spiro atoms. The second-order valence-corrected chi connectivity index (χ2v) is 6.83. The molecule has 0 atom stereocenters. The number of benzene rings is 1. The quantitative estimate of drug-likeness (QED) is 0.635. The van der Waals surface area contributed by atoms with E-state index < -0.39 is 0 Å². The van der Waals surface area contributed by atoms with Crippen LogP contribution >= 0.6 is 27.3 Å². The minimum atomic E-state index is 0.254. The first-order valence-electron chi connectivity index (χ1n) is 6.57. The largest absolute Gasteiger partial charge is 0.489 e. The lowest BCUT2D eigenvalue weighted by molar-refractivity contribution is 0.242. The molecule has 0 unspecified atom stereocenters. The molecule has 0 fully saturated rings. The summed E-state index contributed by atoms with van der Waals surface area (Å²) in [6, 6.07) is 9.49. The highest BCUT2D eigenvalue weighted by atomic mass is 79.9. The SMILES string of the molecule is Cc1noc(COc2ccc(OCc3csc(Br)c3)cc2)n1. The zero-order valence-corrected chi connectivity index (χ0v) is 14.2. The summed E-state index contributed by atoms with van der Waals surface area (Å²) in [6.45, 7) is 2.57. The summed E-state index contributed by atoms with van der Waals surface area (Å²) in [5.74, 6) is 2.58. The van der Waals surface area contributed by atoms with Crippen LogP contribution in [0.1, 0.15) is 17.3 Å². The van der Waals surface area contributed by atoms with Crippen molar-refractivity contribution < 1.29 is 14.0 Å². The van der Waals surface area contributed by atoms with E-state index in [1.807, 2.05) is 24.3 Å². The van der Waals surface area contributed by atoms with Crippen molar-refractivity contribution in [1.29, 1.82) is 0 Å². The average Bonchev–Trinajstić information content (AvgIpc) is 3.12. The van der Waals surface area contributed by atoms with Crippen LogP contribution in [0.2, 0.25) is 0 Å². The molecule has 0 bridgehead atoms. The van der Waals surface area contributed by atoms with Gasteiger partial charge in [-0.05, 0) is 58.6 Å². The standard InChI is InChI=1S/C15H13BrN2O3S/c1-10-17-15(21-18-10)8-20-13-4-2-12(3-5-13)19-7-11-6-14(16)22-9-11/h2-6,9H,7-8H2,1H3. The molecule has 2 aromatic heterocycles. The van der Waals surface area contributed by atoms with Crippen LogP contribution in [0.5, 0.6) is 11.5 Å². The molecule has 1 aromatic carbocycles. The highest BCUT2D eigenvalue weighted by Crippen LogP contribution is 2.23. The molecule has 5 nitrogen and oxygen atoms in total. The number of nitrogens with zero attached hydrogens (tertiary/aromatic N) is 2. The molecule has 0 aliphatic carbocycles. The van der Waals surface area contributed by atoms with Crippen molar-refractivity contribution in [2.75, 3.05) is 0 Å². The minimum absolute atomic E-state index is 0.254. The monoisotopic (exact) mass is 380 g/mol. The summed E-state index contributed by atoms with van der Waals surface area (Å²) in [4.78, 5) is 4.08. The van der Waals surface area contributed by atoms with E-state index in [0.29, 0.717) is 18.3 Å². The van der Waals surface area contributed by atoms with Gasteiger partial charge in [-0.3, -0.25) is 0 Å². The topological polar surface area (TPSA) is 57.4 Å². The smallest absolute Gasteiger partial charge is 0.264 e. The predicted octanol–water partition coefficient (Wildman–Crippen LogP) is 4.36. The van der Waals surface area contributed by atoms with Crippen LogP contribution in [-0.2, 0) is 13.2 Å². The number of ether oxygens (including phenoxy) is 2. The van der Waals surface area contributed by atoms with Gasteiger partial charge in [-0.15, -0.1) is 11.3 Å². The molecule has 114 valence electrons. The first-order valence-corrected chi connectivity index (χ1v) is 8.24. The number of thiophene rings is 1. The van der Waals surface area contributed by atoms with E-state index in [1.165, 1.54) is 0 Å². The Kier molecular flexibility index (Phi) is 4.74. The Morgan fingerprint density at radius 2 is 1.82 bits per heavy atom. The predicted molar refractivity (Wildman–Crippen MR) is 86.2 cm³/mol. The number of rotatable bonds is 6. The van der Waals surface area contributed by atoms with E-state index in [-0.39, 0.29) is 6.61 Å².